The van der Waals surface area contributed by atoms with Crippen molar-refractivity contribution in [2.45, 2.75) is 18.7 Å². The average molecular weight is 447 g/mol. The quantitative estimate of drug-likeness (QED) is 0.479. The summed E-state index contributed by atoms with van der Waals surface area (Å²) in [7, 11) is 0. The Hall–Kier alpha value is -2.25. The zero-order valence-corrected chi connectivity index (χ0v) is 16.3. The molecule has 0 spiro atoms. The van der Waals surface area contributed by atoms with Gasteiger partial charge in [-0.15, -0.1) is 11.3 Å². The lowest BCUT2D eigenvalue weighted by Gasteiger charge is -2.38. The van der Waals surface area contributed by atoms with E-state index in [0.717, 1.165) is 38.9 Å². The highest BCUT2D eigenvalue weighted by molar-refractivity contribution is 9.10. The van der Waals surface area contributed by atoms with Crippen molar-refractivity contribution in [3.8, 4) is 5.75 Å². The molecule has 0 bridgehead atoms. The molecule has 0 saturated heterocycles. The zero-order valence-electron chi connectivity index (χ0n) is 13.9. The Labute approximate surface area is 167 Å². The van der Waals surface area contributed by atoms with Crippen molar-refractivity contribution >= 4 is 33.0 Å². The first-order chi connectivity index (χ1) is 13.1. The molecular formula is C20H13BrF2N2OS. The molecule has 0 amide bonds. The van der Waals surface area contributed by atoms with Gasteiger partial charge in [-0.1, -0.05) is 28.1 Å². The lowest BCUT2D eigenvalue weighted by molar-refractivity contribution is -0.0193. The number of thiophene rings is 1. The molecule has 2 unspecified atom stereocenters. The summed E-state index contributed by atoms with van der Waals surface area (Å²) < 4.78 is 34.4. The number of ether oxygens (including phenoxy) is 1. The molecule has 0 fully saturated rings. The van der Waals surface area contributed by atoms with Crippen molar-refractivity contribution in [1.29, 1.82) is 0 Å². The maximum absolute atomic E-state index is 13.8. The number of benzene rings is 2. The molecule has 1 aromatic heterocycles. The highest BCUT2D eigenvalue weighted by atomic mass is 79.9. The van der Waals surface area contributed by atoms with E-state index in [1.165, 1.54) is 6.07 Å². The van der Waals surface area contributed by atoms with Crippen LogP contribution in [0.4, 0.5) is 8.78 Å². The van der Waals surface area contributed by atoms with Gasteiger partial charge in [0.05, 0.1) is 16.6 Å². The fourth-order valence-electron chi connectivity index (χ4n) is 3.54. The van der Waals surface area contributed by atoms with Gasteiger partial charge in [0.2, 0.25) is 6.23 Å². The van der Waals surface area contributed by atoms with Crippen LogP contribution in [-0.2, 0) is 0 Å². The largest absolute Gasteiger partial charge is 0.464 e. The molecule has 0 N–H and O–H groups in total. The average Bonchev–Trinajstić information content (AvgIpc) is 3.33. The van der Waals surface area contributed by atoms with Crippen LogP contribution in [0.5, 0.6) is 5.75 Å². The van der Waals surface area contributed by atoms with Crippen LogP contribution >= 0.6 is 27.3 Å². The number of nitrogens with zero attached hydrogens (tertiary/aromatic N) is 2. The second kappa shape index (κ2) is 6.42. The van der Waals surface area contributed by atoms with E-state index in [-0.39, 0.29) is 6.04 Å². The Morgan fingerprint density at radius 3 is 2.78 bits per heavy atom. The molecular weight excluding hydrogens is 434 g/mol. The van der Waals surface area contributed by atoms with Gasteiger partial charge in [-0.25, -0.2) is 13.8 Å². The minimum atomic E-state index is -0.893. The summed E-state index contributed by atoms with van der Waals surface area (Å²) in [5.74, 6) is -1.03. The van der Waals surface area contributed by atoms with Crippen LogP contribution in [0.1, 0.15) is 34.7 Å². The van der Waals surface area contributed by atoms with Crippen LogP contribution in [0, 0.1) is 11.6 Å². The molecule has 3 nitrogen and oxygen atoms in total. The second-order valence-corrected chi connectivity index (χ2v) is 8.31. The number of halogens is 3. The van der Waals surface area contributed by atoms with Crippen LogP contribution in [0.15, 0.2) is 63.5 Å². The number of hydrogen-bond acceptors (Lipinski definition) is 4. The van der Waals surface area contributed by atoms with Gasteiger partial charge in [-0.05, 0) is 41.8 Å². The predicted molar refractivity (Wildman–Crippen MR) is 104 cm³/mol. The van der Waals surface area contributed by atoms with Crippen molar-refractivity contribution in [3.05, 3.63) is 86.0 Å². The van der Waals surface area contributed by atoms with Crippen LogP contribution < -0.4 is 4.74 Å². The van der Waals surface area contributed by atoms with E-state index >= 15 is 0 Å². The SMILES string of the molecule is Fc1ccc(C2Oc3ccc(Br)cc3C3CC(c4cccs4)=NN32)cc1F. The molecule has 27 heavy (non-hydrogen) atoms. The van der Waals surface area contributed by atoms with Gasteiger partial charge < -0.3 is 4.74 Å². The number of fused-ring (bicyclic) bond motifs is 3. The van der Waals surface area contributed by atoms with E-state index in [1.54, 1.807) is 17.4 Å². The molecule has 7 heteroatoms. The molecule has 2 aliphatic rings. The van der Waals surface area contributed by atoms with Gasteiger partial charge in [0.1, 0.15) is 5.75 Å². The van der Waals surface area contributed by atoms with Crippen molar-refractivity contribution in [1.82, 2.24) is 5.01 Å². The van der Waals surface area contributed by atoms with Crippen LogP contribution in [0.25, 0.3) is 0 Å². The minimum absolute atomic E-state index is 0.0264. The molecule has 0 aliphatic carbocycles. The van der Waals surface area contributed by atoms with Gasteiger partial charge in [-0.3, -0.25) is 0 Å². The first-order valence-corrected chi connectivity index (χ1v) is 10.1. The summed E-state index contributed by atoms with van der Waals surface area (Å²) >= 11 is 5.15. The van der Waals surface area contributed by atoms with Crippen LogP contribution in [0.2, 0.25) is 0 Å². The lowest BCUT2D eigenvalue weighted by atomic mass is 9.97. The maximum atomic E-state index is 13.8. The summed E-state index contributed by atoms with van der Waals surface area (Å²) in [5, 5.41) is 8.67. The van der Waals surface area contributed by atoms with Gasteiger partial charge in [0, 0.05) is 22.0 Å². The third-order valence-electron chi connectivity index (χ3n) is 4.79. The molecule has 5 rings (SSSR count). The molecule has 3 aromatic rings. The summed E-state index contributed by atoms with van der Waals surface area (Å²) in [6, 6.07) is 13.7. The summed E-state index contributed by atoms with van der Waals surface area (Å²) in [6.07, 6.45) is 0.115. The van der Waals surface area contributed by atoms with E-state index in [9.17, 15) is 8.78 Å². The maximum Gasteiger partial charge on any atom is 0.213 e. The van der Waals surface area contributed by atoms with E-state index < -0.39 is 17.9 Å². The molecule has 0 saturated carbocycles. The second-order valence-electron chi connectivity index (χ2n) is 6.45. The van der Waals surface area contributed by atoms with Gasteiger partial charge in [0.25, 0.3) is 0 Å². The Morgan fingerprint density at radius 2 is 2.00 bits per heavy atom. The predicted octanol–water partition coefficient (Wildman–Crippen LogP) is 6.03. The van der Waals surface area contributed by atoms with E-state index in [4.69, 9.17) is 9.84 Å². The zero-order chi connectivity index (χ0) is 18.5. The third kappa shape index (κ3) is 2.85. The number of rotatable bonds is 2. The normalized spacial score (nSPS) is 20.7. The molecule has 2 aromatic carbocycles. The topological polar surface area (TPSA) is 24.8 Å². The standard InChI is InChI=1S/C20H13BrF2N2OS/c21-12-4-6-18-13(9-12)17-10-16(19-2-1-7-27-19)24-25(17)20(26-18)11-3-5-14(22)15(23)8-11/h1-9,17,20H,10H2. The molecule has 2 aliphatic heterocycles. The van der Waals surface area contributed by atoms with Crippen molar-refractivity contribution in [3.63, 3.8) is 0 Å². The molecule has 136 valence electrons. The van der Waals surface area contributed by atoms with Gasteiger partial charge in [-0.2, -0.15) is 5.10 Å². The summed E-state index contributed by atoms with van der Waals surface area (Å²) in [5.41, 5.74) is 2.53. The Bertz CT molecular complexity index is 1050. The minimum Gasteiger partial charge on any atom is -0.464 e. The van der Waals surface area contributed by atoms with E-state index in [1.807, 2.05) is 40.7 Å². The monoisotopic (exact) mass is 446 g/mol. The molecule has 0 radical (unpaired) electrons. The Kier molecular flexibility index (Phi) is 4.02. The van der Waals surface area contributed by atoms with Crippen molar-refractivity contribution < 1.29 is 13.5 Å². The third-order valence-corrected chi connectivity index (χ3v) is 6.20. The number of hydrazone groups is 1. The van der Waals surface area contributed by atoms with E-state index in [2.05, 4.69) is 15.9 Å². The number of hydrogen-bond donors (Lipinski definition) is 0. The Morgan fingerprint density at radius 1 is 1.11 bits per heavy atom. The van der Waals surface area contributed by atoms with Crippen molar-refractivity contribution in [2.75, 3.05) is 0 Å². The highest BCUT2D eigenvalue weighted by Gasteiger charge is 2.41. The Balaban J connectivity index is 1.62. The van der Waals surface area contributed by atoms with E-state index in [0.29, 0.717) is 5.56 Å². The smallest absolute Gasteiger partial charge is 0.213 e. The fraction of sp³-hybridized carbons (Fsp3) is 0.150. The summed E-state index contributed by atoms with van der Waals surface area (Å²) in [4.78, 5) is 1.10. The van der Waals surface area contributed by atoms with Crippen molar-refractivity contribution in [2.24, 2.45) is 5.10 Å². The fourth-order valence-corrected chi connectivity index (χ4v) is 4.64. The van der Waals surface area contributed by atoms with Crippen LogP contribution in [-0.4, -0.2) is 10.7 Å². The van der Waals surface area contributed by atoms with Gasteiger partial charge in [0.15, 0.2) is 11.6 Å². The molecule has 3 heterocycles. The first-order valence-electron chi connectivity index (χ1n) is 8.41. The summed E-state index contributed by atoms with van der Waals surface area (Å²) in [6.45, 7) is 0. The lowest BCUT2D eigenvalue weighted by Crippen LogP contribution is -2.33. The first kappa shape index (κ1) is 16.9. The van der Waals surface area contributed by atoms with Gasteiger partial charge >= 0.3 is 0 Å². The van der Waals surface area contributed by atoms with Crippen LogP contribution in [0.3, 0.4) is 0 Å². The highest BCUT2D eigenvalue weighted by Crippen LogP contribution is 2.48. The molecule has 2 atom stereocenters.